The third-order valence-electron chi connectivity index (χ3n) is 7.58. The predicted molar refractivity (Wildman–Crippen MR) is 176 cm³/mol. The van der Waals surface area contributed by atoms with Gasteiger partial charge in [-0.2, -0.15) is 0 Å². The van der Waals surface area contributed by atoms with Crippen molar-refractivity contribution >= 4 is 39.1 Å². The van der Waals surface area contributed by atoms with Crippen molar-refractivity contribution in [2.75, 3.05) is 17.4 Å². The molecule has 0 aliphatic carbocycles. The van der Waals surface area contributed by atoms with Crippen molar-refractivity contribution in [1.29, 1.82) is 0 Å². The van der Waals surface area contributed by atoms with Crippen LogP contribution in [0.25, 0.3) is 0 Å². The van der Waals surface area contributed by atoms with Crippen molar-refractivity contribution in [3.05, 3.63) is 130 Å². The Balaban J connectivity index is 1.82. The molecule has 45 heavy (non-hydrogen) atoms. The fourth-order valence-corrected chi connectivity index (χ4v) is 6.41. The highest BCUT2D eigenvalue weighted by atomic mass is 35.5. The van der Waals surface area contributed by atoms with E-state index in [1.807, 2.05) is 51.1 Å². The van der Waals surface area contributed by atoms with Crippen LogP contribution in [0.2, 0.25) is 5.02 Å². The summed E-state index contributed by atoms with van der Waals surface area (Å²) in [4.78, 5) is 29.3. The van der Waals surface area contributed by atoms with Gasteiger partial charge in [0.2, 0.25) is 11.8 Å². The van der Waals surface area contributed by atoms with Crippen LogP contribution in [-0.2, 0) is 32.6 Å². The van der Waals surface area contributed by atoms with Gasteiger partial charge in [-0.3, -0.25) is 13.9 Å². The molecule has 0 bridgehead atoms. The summed E-state index contributed by atoms with van der Waals surface area (Å²) in [5, 5.41) is 3.24. The maximum absolute atomic E-state index is 15.0. The van der Waals surface area contributed by atoms with E-state index in [0.717, 1.165) is 21.0 Å². The smallest absolute Gasteiger partial charge is 0.264 e. The summed E-state index contributed by atoms with van der Waals surface area (Å²) in [5.41, 5.74) is 3.05. The molecular weight excluding hydrogens is 613 g/mol. The summed E-state index contributed by atoms with van der Waals surface area (Å²) in [5.74, 6) is -1.62. The van der Waals surface area contributed by atoms with E-state index in [4.69, 9.17) is 11.6 Å². The number of carbonyl (C=O) groups is 2. The molecule has 236 valence electrons. The van der Waals surface area contributed by atoms with Gasteiger partial charge in [0.15, 0.2) is 0 Å². The molecule has 7 nitrogen and oxygen atoms in total. The largest absolute Gasteiger partial charge is 0.354 e. The van der Waals surface area contributed by atoms with E-state index in [1.165, 1.54) is 35.2 Å². The number of carbonyl (C=O) groups excluding carboxylic acids is 2. The maximum atomic E-state index is 15.0. The lowest BCUT2D eigenvalue weighted by Gasteiger charge is -2.34. The number of anilines is 1. The predicted octanol–water partition coefficient (Wildman–Crippen LogP) is 6.46. The topological polar surface area (TPSA) is 86.8 Å². The van der Waals surface area contributed by atoms with Gasteiger partial charge in [0.05, 0.1) is 10.6 Å². The van der Waals surface area contributed by atoms with Crippen LogP contribution in [0.5, 0.6) is 0 Å². The number of nitrogens with one attached hydrogen (secondary N) is 1. The lowest BCUT2D eigenvalue weighted by molar-refractivity contribution is -0.140. The molecule has 0 saturated heterocycles. The number of nitrogens with zero attached hydrogens (tertiary/aromatic N) is 2. The molecule has 2 amide bonds. The van der Waals surface area contributed by atoms with Gasteiger partial charge in [-0.1, -0.05) is 73.1 Å². The SMILES string of the molecule is CCCNC(=O)[C@H](Cc1ccccc1)N(Cc1ccccc1F)C(=O)CN(c1ccc(C)c(C)c1)S(=O)(=O)c1ccc(Cl)cc1. The number of hydrogen-bond acceptors (Lipinski definition) is 4. The zero-order valence-corrected chi connectivity index (χ0v) is 27.1. The van der Waals surface area contributed by atoms with E-state index in [0.29, 0.717) is 18.0 Å². The Morgan fingerprint density at radius 1 is 0.889 bits per heavy atom. The Bertz CT molecular complexity index is 1730. The van der Waals surface area contributed by atoms with E-state index >= 15 is 4.39 Å². The standard InChI is InChI=1S/C35H37ClFN3O4S/c1-4-20-38-35(42)33(22-27-10-6-5-7-11-27)39(23-28-12-8-9-13-32(28)37)34(41)24-40(30-17-14-25(2)26(3)21-30)45(43,44)31-18-15-29(36)16-19-31/h5-19,21,33H,4,20,22-24H2,1-3H3,(H,38,42)/t33-/m0/s1. The molecule has 0 fully saturated rings. The van der Waals surface area contributed by atoms with Crippen molar-refractivity contribution in [2.45, 2.75) is 51.1 Å². The molecule has 4 aromatic carbocycles. The summed E-state index contributed by atoms with van der Waals surface area (Å²) in [6.45, 7) is 5.18. The second-order valence-electron chi connectivity index (χ2n) is 10.8. The molecule has 0 aromatic heterocycles. The fraction of sp³-hybridized carbons (Fsp3) is 0.257. The van der Waals surface area contributed by atoms with Crippen LogP contribution in [0.1, 0.15) is 35.6 Å². The molecule has 0 aliphatic rings. The first kappa shape index (κ1) is 33.7. The van der Waals surface area contributed by atoms with Gasteiger partial charge in [-0.05, 0) is 79.4 Å². The zero-order chi connectivity index (χ0) is 32.6. The van der Waals surface area contributed by atoms with Crippen LogP contribution in [0.4, 0.5) is 10.1 Å². The third-order valence-corrected chi connectivity index (χ3v) is 9.62. The minimum absolute atomic E-state index is 0.0555. The van der Waals surface area contributed by atoms with Gasteiger partial charge in [0.1, 0.15) is 18.4 Å². The third kappa shape index (κ3) is 8.49. The Labute approximate surface area is 269 Å². The molecule has 10 heteroatoms. The highest BCUT2D eigenvalue weighted by Gasteiger charge is 2.35. The molecular formula is C35H37ClFN3O4S. The molecule has 4 aromatic rings. The number of rotatable bonds is 13. The highest BCUT2D eigenvalue weighted by molar-refractivity contribution is 7.92. The Morgan fingerprint density at radius 3 is 2.20 bits per heavy atom. The molecule has 0 saturated carbocycles. The van der Waals surface area contributed by atoms with E-state index < -0.39 is 40.2 Å². The number of amides is 2. The van der Waals surface area contributed by atoms with Crippen LogP contribution in [-0.4, -0.2) is 44.3 Å². The van der Waals surface area contributed by atoms with Gasteiger partial charge in [-0.15, -0.1) is 0 Å². The number of benzene rings is 4. The lowest BCUT2D eigenvalue weighted by Crippen LogP contribution is -2.53. The van der Waals surface area contributed by atoms with Crippen molar-refractivity contribution in [1.82, 2.24) is 10.2 Å². The minimum atomic E-state index is -4.28. The first-order valence-corrected chi connectivity index (χ1v) is 16.5. The van der Waals surface area contributed by atoms with E-state index in [9.17, 15) is 18.0 Å². The minimum Gasteiger partial charge on any atom is -0.354 e. The molecule has 1 N–H and O–H groups in total. The summed E-state index contributed by atoms with van der Waals surface area (Å²) < 4.78 is 44.3. The Kier molecular flexibility index (Phi) is 11.4. The van der Waals surface area contributed by atoms with Crippen LogP contribution < -0.4 is 9.62 Å². The van der Waals surface area contributed by atoms with Gasteiger partial charge in [0, 0.05) is 30.1 Å². The normalized spacial score (nSPS) is 11.9. The fourth-order valence-electron chi connectivity index (χ4n) is 4.87. The van der Waals surface area contributed by atoms with Gasteiger partial charge in [-0.25, -0.2) is 12.8 Å². The quantitative estimate of drug-likeness (QED) is 0.180. The van der Waals surface area contributed by atoms with Gasteiger partial charge in [0.25, 0.3) is 10.0 Å². The molecule has 4 rings (SSSR count). The molecule has 0 aliphatic heterocycles. The maximum Gasteiger partial charge on any atom is 0.264 e. The number of halogens is 2. The lowest BCUT2D eigenvalue weighted by atomic mass is 10.0. The van der Waals surface area contributed by atoms with Crippen molar-refractivity contribution in [3.8, 4) is 0 Å². The average molecular weight is 650 g/mol. The molecule has 0 radical (unpaired) electrons. The first-order valence-electron chi connectivity index (χ1n) is 14.7. The summed E-state index contributed by atoms with van der Waals surface area (Å²) in [6, 6.07) is 25.0. The van der Waals surface area contributed by atoms with Crippen molar-refractivity contribution in [3.63, 3.8) is 0 Å². The number of aryl methyl sites for hydroxylation is 2. The second kappa shape index (κ2) is 15.2. The summed E-state index contributed by atoms with van der Waals surface area (Å²) in [6.07, 6.45) is 0.815. The van der Waals surface area contributed by atoms with Crippen molar-refractivity contribution in [2.24, 2.45) is 0 Å². The molecule has 1 atom stereocenters. The Hall–Kier alpha value is -4.21. The molecule has 0 heterocycles. The van der Waals surface area contributed by atoms with E-state index in [1.54, 1.807) is 36.4 Å². The summed E-state index contributed by atoms with van der Waals surface area (Å²) in [7, 11) is -4.28. The Morgan fingerprint density at radius 2 is 1.56 bits per heavy atom. The van der Waals surface area contributed by atoms with E-state index in [2.05, 4.69) is 5.32 Å². The van der Waals surface area contributed by atoms with Gasteiger partial charge >= 0.3 is 0 Å². The first-order chi connectivity index (χ1) is 21.5. The molecule has 0 unspecified atom stereocenters. The number of sulfonamides is 1. The van der Waals surface area contributed by atoms with Crippen LogP contribution in [0, 0.1) is 19.7 Å². The van der Waals surface area contributed by atoms with E-state index in [-0.39, 0.29) is 29.1 Å². The number of hydrogen-bond donors (Lipinski definition) is 1. The average Bonchev–Trinajstić information content (AvgIpc) is 3.03. The van der Waals surface area contributed by atoms with Crippen LogP contribution in [0.3, 0.4) is 0 Å². The monoisotopic (exact) mass is 649 g/mol. The van der Waals surface area contributed by atoms with Gasteiger partial charge < -0.3 is 10.2 Å². The molecule has 0 spiro atoms. The second-order valence-corrected chi connectivity index (χ2v) is 13.1. The van der Waals surface area contributed by atoms with Crippen molar-refractivity contribution < 1.29 is 22.4 Å². The zero-order valence-electron chi connectivity index (χ0n) is 25.5. The highest BCUT2D eigenvalue weighted by Crippen LogP contribution is 2.28. The van der Waals surface area contributed by atoms with Crippen LogP contribution in [0.15, 0.2) is 102 Å². The van der Waals surface area contributed by atoms with Crippen LogP contribution >= 0.6 is 11.6 Å². The summed E-state index contributed by atoms with van der Waals surface area (Å²) >= 11 is 6.04.